The fourth-order valence-corrected chi connectivity index (χ4v) is 7.86. The highest BCUT2D eigenvalue weighted by Crippen LogP contribution is 2.39. The summed E-state index contributed by atoms with van der Waals surface area (Å²) in [6, 6.07) is 51.0. The number of aromatic nitrogens is 5. The molecule has 0 saturated heterocycles. The van der Waals surface area contributed by atoms with Crippen LogP contribution in [0.2, 0.25) is 0 Å². The molecule has 50 heavy (non-hydrogen) atoms. The Morgan fingerprint density at radius 3 is 1.94 bits per heavy atom. The van der Waals surface area contributed by atoms with E-state index in [-0.39, 0.29) is 0 Å². The predicted molar refractivity (Wildman–Crippen MR) is 203 cm³/mol. The van der Waals surface area contributed by atoms with E-state index in [1.54, 1.807) is 0 Å². The van der Waals surface area contributed by atoms with Gasteiger partial charge in [-0.3, -0.25) is 8.97 Å². The molecule has 11 rings (SSSR count). The van der Waals surface area contributed by atoms with Crippen molar-refractivity contribution in [1.29, 1.82) is 0 Å². The highest BCUT2D eigenvalue weighted by molar-refractivity contribution is 6.19. The number of benzene rings is 6. The average molecular weight is 642 g/mol. The van der Waals surface area contributed by atoms with Crippen LogP contribution in [0.3, 0.4) is 0 Å². The Hall–Kier alpha value is -6.92. The molecule has 0 amide bonds. The molecule has 0 radical (unpaired) electrons. The third-order valence-electron chi connectivity index (χ3n) is 9.97. The van der Waals surface area contributed by atoms with Crippen LogP contribution in [0.25, 0.3) is 82.4 Å². The Labute approximate surface area is 285 Å². The van der Waals surface area contributed by atoms with E-state index in [9.17, 15) is 0 Å². The van der Waals surface area contributed by atoms with Crippen molar-refractivity contribution in [2.45, 2.75) is 0 Å². The summed E-state index contributed by atoms with van der Waals surface area (Å²) in [5.74, 6) is 1.50. The second-order valence-corrected chi connectivity index (χ2v) is 12.7. The molecule has 0 bridgehead atoms. The molecule has 6 aromatic carbocycles. The van der Waals surface area contributed by atoms with Crippen molar-refractivity contribution in [3.63, 3.8) is 0 Å². The smallest absolute Gasteiger partial charge is 0.145 e. The molecule has 0 atom stereocenters. The maximum Gasteiger partial charge on any atom is 0.145 e. The van der Waals surface area contributed by atoms with E-state index in [1.807, 2.05) is 30.6 Å². The highest BCUT2D eigenvalue weighted by Gasteiger charge is 2.18. The number of pyridine rings is 2. The first-order valence-electron chi connectivity index (χ1n) is 16.7. The van der Waals surface area contributed by atoms with Gasteiger partial charge in [0.2, 0.25) is 0 Å². The topological polar surface area (TPSA) is 49.3 Å². The molecule has 0 N–H and O–H groups in total. The summed E-state index contributed by atoms with van der Waals surface area (Å²) in [6.45, 7) is 0. The summed E-state index contributed by atoms with van der Waals surface area (Å²) in [4.78, 5) is 9.59. The van der Waals surface area contributed by atoms with E-state index in [4.69, 9.17) is 14.7 Å². The Balaban J connectivity index is 1.08. The molecule has 0 unspecified atom stereocenters. The fraction of sp³-hybridized carbons (Fsp3) is 0. The summed E-state index contributed by atoms with van der Waals surface area (Å²) < 4.78 is 13.4. The number of hydrogen-bond acceptors (Lipinski definition) is 3. The second-order valence-electron chi connectivity index (χ2n) is 12.7. The van der Waals surface area contributed by atoms with Crippen LogP contribution in [0.1, 0.15) is 0 Å². The largest absolute Gasteiger partial charge is 0.457 e. The molecular weight excluding hydrogens is 615 g/mol. The van der Waals surface area contributed by atoms with Gasteiger partial charge in [-0.25, -0.2) is 9.97 Å². The predicted octanol–water partition coefficient (Wildman–Crippen LogP) is 11.0. The Kier molecular flexibility index (Phi) is 5.57. The standard InChI is InChI=1S/C44H27N5O/c1-2-10-28(11-3-1)48-39-17-6-5-15-34(39)37-26-41-36(27-42(37)48)32-20-19-31(25-38(32)43-46-22-23-47(41)43)50-30-13-8-12-29(24-30)49-40-18-7-4-14-33(40)35-16-9-21-45-44(35)49/h1-27H. The summed E-state index contributed by atoms with van der Waals surface area (Å²) in [7, 11) is 0. The van der Waals surface area contributed by atoms with Crippen LogP contribution in [0.5, 0.6) is 11.5 Å². The number of fused-ring (bicyclic) bond motifs is 12. The molecule has 0 aliphatic heterocycles. The lowest BCUT2D eigenvalue weighted by Crippen LogP contribution is -1.96. The van der Waals surface area contributed by atoms with Gasteiger partial charge < -0.3 is 9.30 Å². The zero-order chi connectivity index (χ0) is 32.8. The number of hydrogen-bond donors (Lipinski definition) is 0. The third kappa shape index (κ3) is 3.84. The van der Waals surface area contributed by atoms with Crippen LogP contribution in [0.4, 0.5) is 0 Å². The minimum atomic E-state index is 0.748. The first-order valence-corrected chi connectivity index (χ1v) is 16.7. The van der Waals surface area contributed by atoms with Gasteiger partial charge in [0.1, 0.15) is 22.8 Å². The Bertz CT molecular complexity index is 3080. The van der Waals surface area contributed by atoms with Crippen LogP contribution in [-0.2, 0) is 0 Å². The first kappa shape index (κ1) is 27.1. The lowest BCUT2D eigenvalue weighted by atomic mass is 10.0. The van der Waals surface area contributed by atoms with Gasteiger partial charge in [0.15, 0.2) is 0 Å². The summed E-state index contributed by atoms with van der Waals surface area (Å²) in [5, 5.41) is 8.06. The molecule has 5 aromatic heterocycles. The minimum absolute atomic E-state index is 0.748. The van der Waals surface area contributed by atoms with E-state index in [0.29, 0.717) is 0 Å². The molecule has 5 heterocycles. The molecule has 6 nitrogen and oxygen atoms in total. The molecule has 0 fully saturated rings. The summed E-state index contributed by atoms with van der Waals surface area (Å²) in [5.41, 5.74) is 8.54. The van der Waals surface area contributed by atoms with E-state index in [0.717, 1.165) is 66.7 Å². The summed E-state index contributed by atoms with van der Waals surface area (Å²) >= 11 is 0. The Morgan fingerprint density at radius 2 is 1.06 bits per heavy atom. The normalized spacial score (nSPS) is 12.0. The van der Waals surface area contributed by atoms with Gasteiger partial charge >= 0.3 is 0 Å². The number of imidazole rings is 1. The van der Waals surface area contributed by atoms with Crippen LogP contribution in [-0.4, -0.2) is 23.5 Å². The molecule has 234 valence electrons. The minimum Gasteiger partial charge on any atom is -0.457 e. The molecule has 0 aliphatic carbocycles. The van der Waals surface area contributed by atoms with E-state index in [2.05, 4.69) is 147 Å². The van der Waals surface area contributed by atoms with Gasteiger partial charge in [-0.1, -0.05) is 60.7 Å². The van der Waals surface area contributed by atoms with Crippen LogP contribution in [0.15, 0.2) is 164 Å². The van der Waals surface area contributed by atoms with Gasteiger partial charge in [0.05, 0.1) is 27.8 Å². The highest BCUT2D eigenvalue weighted by atomic mass is 16.5. The Morgan fingerprint density at radius 1 is 0.380 bits per heavy atom. The van der Waals surface area contributed by atoms with E-state index in [1.165, 1.54) is 27.2 Å². The number of ether oxygens (including phenoxy) is 1. The first-order chi connectivity index (χ1) is 24.8. The van der Waals surface area contributed by atoms with E-state index >= 15 is 0 Å². The molecule has 6 heteroatoms. The zero-order valence-electron chi connectivity index (χ0n) is 26.7. The lowest BCUT2D eigenvalue weighted by Gasteiger charge is -2.13. The molecule has 0 saturated carbocycles. The average Bonchev–Trinajstić information content (AvgIpc) is 3.88. The van der Waals surface area contributed by atoms with Crippen LogP contribution < -0.4 is 4.74 Å². The number of rotatable bonds is 4. The van der Waals surface area contributed by atoms with Crippen molar-refractivity contribution in [1.82, 2.24) is 23.5 Å². The van der Waals surface area contributed by atoms with Crippen molar-refractivity contribution in [2.24, 2.45) is 0 Å². The van der Waals surface area contributed by atoms with Crippen molar-refractivity contribution in [3.8, 4) is 22.9 Å². The van der Waals surface area contributed by atoms with Crippen LogP contribution in [0, 0.1) is 0 Å². The molecule has 0 spiro atoms. The quantitative estimate of drug-likeness (QED) is 0.180. The lowest BCUT2D eigenvalue weighted by molar-refractivity contribution is 0.483. The molecule has 0 aliphatic rings. The van der Waals surface area contributed by atoms with Gasteiger partial charge in [0, 0.05) is 62.7 Å². The van der Waals surface area contributed by atoms with Gasteiger partial charge in [0.25, 0.3) is 0 Å². The van der Waals surface area contributed by atoms with Gasteiger partial charge in [-0.15, -0.1) is 0 Å². The number of para-hydroxylation sites is 3. The van der Waals surface area contributed by atoms with Gasteiger partial charge in [-0.2, -0.15) is 0 Å². The zero-order valence-corrected chi connectivity index (χ0v) is 26.7. The second kappa shape index (κ2) is 10.3. The molecular formula is C44H27N5O. The fourth-order valence-electron chi connectivity index (χ4n) is 7.86. The maximum atomic E-state index is 6.60. The summed E-state index contributed by atoms with van der Waals surface area (Å²) in [6.07, 6.45) is 5.78. The molecule has 11 aromatic rings. The van der Waals surface area contributed by atoms with Gasteiger partial charge in [-0.05, 0) is 84.2 Å². The van der Waals surface area contributed by atoms with Crippen molar-refractivity contribution in [2.75, 3.05) is 0 Å². The van der Waals surface area contributed by atoms with E-state index < -0.39 is 0 Å². The third-order valence-corrected chi connectivity index (χ3v) is 9.97. The monoisotopic (exact) mass is 641 g/mol. The SMILES string of the molecule is c1ccc(-n2c3ccccc3c3cc4c(cc32)c2ccc(Oc3cccc(-n5c6ccccc6c6cccnc65)c3)cc2c2nccn42)cc1. The van der Waals surface area contributed by atoms with Crippen molar-refractivity contribution >= 4 is 71.1 Å². The van der Waals surface area contributed by atoms with Crippen molar-refractivity contribution in [3.05, 3.63) is 164 Å². The van der Waals surface area contributed by atoms with Crippen LogP contribution >= 0.6 is 0 Å². The van der Waals surface area contributed by atoms with Crippen molar-refractivity contribution < 1.29 is 4.74 Å². The number of nitrogens with zero attached hydrogens (tertiary/aromatic N) is 5. The maximum absolute atomic E-state index is 6.60.